The number of carbonyl (C=O) groups is 2. The van der Waals surface area contributed by atoms with Crippen molar-refractivity contribution < 1.29 is 27.9 Å². The van der Waals surface area contributed by atoms with Crippen molar-refractivity contribution in [2.75, 3.05) is 17.6 Å². The number of ether oxygens (including phenoxy) is 1. The first kappa shape index (κ1) is 16.0. The van der Waals surface area contributed by atoms with Gasteiger partial charge in [-0.3, -0.25) is 9.52 Å². The molecule has 0 aliphatic carbocycles. The summed E-state index contributed by atoms with van der Waals surface area (Å²) in [5.41, 5.74) is 1.13. The van der Waals surface area contributed by atoms with Gasteiger partial charge in [-0.2, -0.15) is 0 Å². The Morgan fingerprint density at radius 3 is 2.50 bits per heavy atom. The highest BCUT2D eigenvalue weighted by molar-refractivity contribution is 7.92. The summed E-state index contributed by atoms with van der Waals surface area (Å²) in [7, 11) is -2.49. The predicted molar refractivity (Wildman–Crippen MR) is 72.2 cm³/mol. The fraction of sp³-hybridized carbons (Fsp3) is 0.333. The Balaban J connectivity index is 2.88. The maximum Gasteiger partial charge on any atom is 0.337 e. The van der Waals surface area contributed by atoms with Gasteiger partial charge in [-0.25, -0.2) is 13.2 Å². The number of methoxy groups -OCH3 is 1. The number of rotatable bonds is 6. The van der Waals surface area contributed by atoms with Crippen LogP contribution in [-0.4, -0.2) is 38.3 Å². The van der Waals surface area contributed by atoms with Gasteiger partial charge < -0.3 is 9.84 Å². The molecule has 0 amide bonds. The van der Waals surface area contributed by atoms with Gasteiger partial charge in [0.2, 0.25) is 10.0 Å². The summed E-state index contributed by atoms with van der Waals surface area (Å²) in [6.07, 6.45) is -0.478. The Morgan fingerprint density at radius 2 is 2.00 bits per heavy atom. The smallest absolute Gasteiger partial charge is 0.337 e. The Kier molecular flexibility index (Phi) is 5.09. The van der Waals surface area contributed by atoms with Crippen LogP contribution in [0.2, 0.25) is 0 Å². The Morgan fingerprint density at radius 1 is 1.35 bits per heavy atom. The van der Waals surface area contributed by atoms with Gasteiger partial charge in [-0.1, -0.05) is 0 Å². The molecule has 0 unspecified atom stereocenters. The summed E-state index contributed by atoms with van der Waals surface area (Å²) in [6, 6.07) is 4.34. The summed E-state index contributed by atoms with van der Waals surface area (Å²) < 4.78 is 30.2. The second-order valence-electron chi connectivity index (χ2n) is 4.09. The van der Waals surface area contributed by atoms with E-state index in [0.29, 0.717) is 16.8 Å². The molecule has 0 spiro atoms. The first-order valence-corrected chi connectivity index (χ1v) is 7.31. The minimum Gasteiger partial charge on any atom is -0.481 e. The van der Waals surface area contributed by atoms with Crippen molar-refractivity contribution in [2.24, 2.45) is 0 Å². The molecule has 0 radical (unpaired) electrons. The highest BCUT2D eigenvalue weighted by Gasteiger charge is 2.15. The van der Waals surface area contributed by atoms with E-state index in [2.05, 4.69) is 9.46 Å². The molecule has 0 saturated heterocycles. The summed E-state index contributed by atoms with van der Waals surface area (Å²) in [5.74, 6) is -2.22. The van der Waals surface area contributed by atoms with Crippen molar-refractivity contribution >= 4 is 27.6 Å². The number of esters is 1. The van der Waals surface area contributed by atoms with E-state index in [-0.39, 0.29) is 0 Å². The largest absolute Gasteiger partial charge is 0.481 e. The van der Waals surface area contributed by atoms with E-state index in [1.54, 1.807) is 6.92 Å². The fourth-order valence-electron chi connectivity index (χ4n) is 1.46. The van der Waals surface area contributed by atoms with Crippen LogP contribution in [0.5, 0.6) is 0 Å². The molecule has 0 aromatic heterocycles. The SMILES string of the molecule is COC(=O)c1ccc(NS(=O)(=O)CCC(=O)O)c(C)c1. The van der Waals surface area contributed by atoms with Crippen molar-refractivity contribution in [1.29, 1.82) is 0 Å². The molecule has 8 heteroatoms. The Labute approximate surface area is 116 Å². The molecule has 0 atom stereocenters. The molecular weight excluding hydrogens is 286 g/mol. The zero-order chi connectivity index (χ0) is 15.3. The molecule has 0 aliphatic heterocycles. The van der Waals surface area contributed by atoms with Crippen LogP contribution in [0.3, 0.4) is 0 Å². The van der Waals surface area contributed by atoms with Gasteiger partial charge in [0.25, 0.3) is 0 Å². The molecule has 0 fully saturated rings. The van der Waals surface area contributed by atoms with Gasteiger partial charge in [0.15, 0.2) is 0 Å². The van der Waals surface area contributed by atoms with Crippen molar-refractivity contribution in [3.05, 3.63) is 29.3 Å². The third-order valence-corrected chi connectivity index (χ3v) is 3.77. The number of benzene rings is 1. The first-order chi connectivity index (χ1) is 9.25. The quantitative estimate of drug-likeness (QED) is 0.758. The van der Waals surface area contributed by atoms with Crippen molar-refractivity contribution in [3.8, 4) is 0 Å². The average Bonchev–Trinajstić information content (AvgIpc) is 2.38. The van der Waals surface area contributed by atoms with E-state index in [1.807, 2.05) is 0 Å². The number of carbonyl (C=O) groups excluding carboxylic acids is 1. The fourth-order valence-corrected chi connectivity index (χ4v) is 2.57. The summed E-state index contributed by atoms with van der Waals surface area (Å²) >= 11 is 0. The molecule has 20 heavy (non-hydrogen) atoms. The molecule has 0 bridgehead atoms. The van der Waals surface area contributed by atoms with Crippen molar-refractivity contribution in [1.82, 2.24) is 0 Å². The second-order valence-corrected chi connectivity index (χ2v) is 5.93. The van der Waals surface area contributed by atoms with E-state index in [1.165, 1.54) is 25.3 Å². The zero-order valence-corrected chi connectivity index (χ0v) is 11.9. The van der Waals surface area contributed by atoms with Gasteiger partial charge in [-0.05, 0) is 30.7 Å². The van der Waals surface area contributed by atoms with Gasteiger partial charge in [-0.15, -0.1) is 0 Å². The van der Waals surface area contributed by atoms with Gasteiger partial charge >= 0.3 is 11.9 Å². The Bertz CT molecular complexity index is 623. The monoisotopic (exact) mass is 301 g/mol. The summed E-state index contributed by atoms with van der Waals surface area (Å²) in [4.78, 5) is 21.7. The van der Waals surface area contributed by atoms with Crippen LogP contribution in [0.1, 0.15) is 22.3 Å². The number of nitrogens with one attached hydrogen (secondary N) is 1. The van der Waals surface area contributed by atoms with E-state index >= 15 is 0 Å². The molecule has 1 rings (SSSR count). The number of aliphatic carboxylic acids is 1. The number of hydrogen-bond donors (Lipinski definition) is 2. The zero-order valence-electron chi connectivity index (χ0n) is 11.0. The topological polar surface area (TPSA) is 110 Å². The van der Waals surface area contributed by atoms with Crippen molar-refractivity contribution in [2.45, 2.75) is 13.3 Å². The van der Waals surface area contributed by atoms with E-state index in [0.717, 1.165) is 0 Å². The molecule has 1 aromatic carbocycles. The predicted octanol–water partition coefficient (Wildman–Crippen LogP) is 0.998. The lowest BCUT2D eigenvalue weighted by Crippen LogP contribution is -2.19. The number of anilines is 1. The number of aryl methyl sites for hydroxylation is 1. The summed E-state index contributed by atoms with van der Waals surface area (Å²) in [6.45, 7) is 1.63. The standard InChI is InChI=1S/C12H15NO6S/c1-8-7-9(12(16)19-2)3-4-10(8)13-20(17,18)6-5-11(14)15/h3-4,7,13H,5-6H2,1-2H3,(H,14,15). The van der Waals surface area contributed by atoms with Crippen molar-refractivity contribution in [3.63, 3.8) is 0 Å². The number of carboxylic acids is 1. The van der Waals surface area contributed by atoms with Crippen LogP contribution in [0.4, 0.5) is 5.69 Å². The van der Waals surface area contributed by atoms with Gasteiger partial charge in [0.1, 0.15) is 0 Å². The first-order valence-electron chi connectivity index (χ1n) is 5.66. The van der Waals surface area contributed by atoms with Crippen LogP contribution in [0.15, 0.2) is 18.2 Å². The Hall–Kier alpha value is -2.09. The summed E-state index contributed by atoms with van der Waals surface area (Å²) in [5, 5.41) is 8.48. The molecule has 110 valence electrons. The molecule has 0 saturated carbocycles. The second kappa shape index (κ2) is 6.38. The number of hydrogen-bond acceptors (Lipinski definition) is 5. The highest BCUT2D eigenvalue weighted by Crippen LogP contribution is 2.18. The average molecular weight is 301 g/mol. The molecule has 0 aliphatic rings. The number of carboxylic acid groups (broad SMARTS) is 1. The molecule has 2 N–H and O–H groups in total. The molecule has 7 nitrogen and oxygen atoms in total. The molecule has 1 aromatic rings. The lowest BCUT2D eigenvalue weighted by molar-refractivity contribution is -0.136. The van der Waals surface area contributed by atoms with Gasteiger partial charge in [0, 0.05) is 0 Å². The molecular formula is C12H15NO6S. The van der Waals surface area contributed by atoms with E-state index in [4.69, 9.17) is 5.11 Å². The van der Waals surface area contributed by atoms with Crippen LogP contribution in [-0.2, 0) is 19.6 Å². The lowest BCUT2D eigenvalue weighted by atomic mass is 10.1. The normalized spacial score (nSPS) is 10.9. The maximum atomic E-state index is 11.7. The van der Waals surface area contributed by atoms with E-state index < -0.39 is 34.1 Å². The molecule has 0 heterocycles. The van der Waals surface area contributed by atoms with Crippen LogP contribution < -0.4 is 4.72 Å². The van der Waals surface area contributed by atoms with Gasteiger partial charge in [0.05, 0.1) is 30.5 Å². The van der Waals surface area contributed by atoms with E-state index in [9.17, 15) is 18.0 Å². The minimum atomic E-state index is -3.74. The minimum absolute atomic E-state index is 0.294. The highest BCUT2D eigenvalue weighted by atomic mass is 32.2. The third kappa shape index (κ3) is 4.54. The van der Waals surface area contributed by atoms with Crippen LogP contribution in [0, 0.1) is 6.92 Å². The van der Waals surface area contributed by atoms with Crippen LogP contribution >= 0.6 is 0 Å². The van der Waals surface area contributed by atoms with Crippen LogP contribution in [0.25, 0.3) is 0 Å². The third-order valence-electron chi connectivity index (χ3n) is 2.50. The lowest BCUT2D eigenvalue weighted by Gasteiger charge is -2.10. The number of sulfonamides is 1. The maximum absolute atomic E-state index is 11.7.